The Morgan fingerprint density at radius 3 is 1.45 bits per heavy atom. The predicted octanol–water partition coefficient (Wildman–Crippen LogP) is 3.12. The molecule has 60 valence electrons. The predicted molar refractivity (Wildman–Crippen MR) is 55.8 cm³/mol. The monoisotopic (exact) mass is 164 g/mol. The lowest BCUT2D eigenvalue weighted by molar-refractivity contribution is 1.73. The first kappa shape index (κ1) is 10.2. The number of rotatable bonds is 4. The van der Waals surface area contributed by atoms with Crippen molar-refractivity contribution in [1.29, 1.82) is 0 Å². The minimum atomic E-state index is -1.58. The Balaban J connectivity index is 4.73. The lowest BCUT2D eigenvalue weighted by Gasteiger charge is -2.13. The van der Waals surface area contributed by atoms with E-state index >= 15 is 0 Å². The van der Waals surface area contributed by atoms with E-state index in [1.54, 1.807) is 0 Å². The molecule has 0 aliphatic heterocycles. The molecule has 0 fully saturated rings. The quantitative estimate of drug-likeness (QED) is 0.560. The summed E-state index contributed by atoms with van der Waals surface area (Å²) in [6.07, 6.45) is 4.13. The highest BCUT2D eigenvalue weighted by atomic mass is 28.3. The summed E-state index contributed by atoms with van der Waals surface area (Å²) in [5.74, 6) is 0. The second kappa shape index (κ2) is 4.91. The van der Waals surface area contributed by atoms with Gasteiger partial charge in [-0.25, -0.2) is 0 Å². The molecule has 0 N–H and O–H groups in total. The summed E-state index contributed by atoms with van der Waals surface area (Å²) in [6, 6.07) is 0. The van der Waals surface area contributed by atoms with Crippen LogP contribution in [0.3, 0.4) is 0 Å². The van der Waals surface area contributed by atoms with Gasteiger partial charge in [-0.1, -0.05) is 34.9 Å². The average molecular weight is 164 g/mol. The van der Waals surface area contributed by atoms with E-state index < -0.39 is 8.07 Å². The molecule has 0 heterocycles. The lowest BCUT2D eigenvalue weighted by atomic mass is 10.8. The molecular formula is C10H16Si. The fourth-order valence-corrected chi connectivity index (χ4v) is 2.97. The van der Waals surface area contributed by atoms with Gasteiger partial charge in [0.25, 0.3) is 0 Å². The third kappa shape index (κ3) is 2.72. The maximum absolute atomic E-state index is 3.83. The van der Waals surface area contributed by atoms with Gasteiger partial charge in [0.15, 0.2) is 0 Å². The van der Waals surface area contributed by atoms with Gasteiger partial charge in [-0.15, -0.1) is 13.2 Å². The van der Waals surface area contributed by atoms with Crippen molar-refractivity contribution < 1.29 is 0 Å². The summed E-state index contributed by atoms with van der Waals surface area (Å²) >= 11 is 0. The molecule has 0 spiro atoms. The van der Waals surface area contributed by atoms with E-state index in [1.165, 1.54) is 0 Å². The van der Waals surface area contributed by atoms with E-state index in [9.17, 15) is 0 Å². The van der Waals surface area contributed by atoms with Crippen molar-refractivity contribution in [3.8, 4) is 0 Å². The Morgan fingerprint density at radius 2 is 1.27 bits per heavy atom. The summed E-state index contributed by atoms with van der Waals surface area (Å²) in [5.41, 5.74) is 8.43. The number of hydrogen-bond acceptors (Lipinski definition) is 0. The van der Waals surface area contributed by atoms with E-state index in [0.29, 0.717) is 0 Å². The maximum Gasteiger partial charge on any atom is 0.148 e. The third-order valence-corrected chi connectivity index (χ3v) is 4.85. The molecule has 0 aliphatic rings. The molecule has 0 amide bonds. The van der Waals surface area contributed by atoms with Crippen LogP contribution < -0.4 is 0 Å². The Hall–Kier alpha value is -0.823. The van der Waals surface area contributed by atoms with Crippen molar-refractivity contribution in [2.75, 3.05) is 0 Å². The van der Waals surface area contributed by atoms with Crippen LogP contribution in [0.2, 0.25) is 0 Å². The zero-order valence-electron chi connectivity index (χ0n) is 7.38. The lowest BCUT2D eigenvalue weighted by Crippen LogP contribution is -2.23. The van der Waals surface area contributed by atoms with Crippen molar-refractivity contribution in [2.45, 2.75) is 13.8 Å². The minimum absolute atomic E-state index is 1.58. The third-order valence-electron chi connectivity index (χ3n) is 1.62. The van der Waals surface area contributed by atoms with Crippen LogP contribution >= 0.6 is 0 Å². The van der Waals surface area contributed by atoms with Gasteiger partial charge in [-0.05, 0) is 13.8 Å². The second-order valence-electron chi connectivity index (χ2n) is 2.41. The number of allylic oxidation sites excluding steroid dienone is 2. The van der Waals surface area contributed by atoms with Gasteiger partial charge in [0.2, 0.25) is 0 Å². The largest absolute Gasteiger partial charge is 0.148 e. The molecule has 0 bridgehead atoms. The Morgan fingerprint density at radius 1 is 0.909 bits per heavy atom. The molecule has 0 rings (SSSR count). The first-order valence-electron chi connectivity index (χ1n) is 3.79. The molecule has 11 heavy (non-hydrogen) atoms. The Labute approximate surface area is 70.6 Å². The molecule has 0 radical (unpaired) electrons. The van der Waals surface area contributed by atoms with Crippen molar-refractivity contribution in [3.05, 3.63) is 48.1 Å². The molecule has 0 aromatic carbocycles. The normalized spacial score (nSPS) is 12.5. The van der Waals surface area contributed by atoms with Gasteiger partial charge in [-0.2, -0.15) is 0 Å². The fraction of sp³-hybridized carbons (Fsp3) is 0.200. The molecule has 0 atom stereocenters. The summed E-state index contributed by atoms with van der Waals surface area (Å²) in [4.78, 5) is 0. The topological polar surface area (TPSA) is 0 Å². The summed E-state index contributed by atoms with van der Waals surface area (Å²) in [7, 11) is -1.58. The van der Waals surface area contributed by atoms with E-state index in [1.807, 2.05) is 25.2 Å². The first-order valence-corrected chi connectivity index (χ1v) is 6.10. The van der Waals surface area contributed by atoms with Crippen molar-refractivity contribution in [2.24, 2.45) is 0 Å². The Bertz CT molecular complexity index is 165. The standard InChI is InChI=1S/C10H16Si/c1-5-9-11(7-3,8-4)10-6-2/h5-10H,3-4H2,1-2H3/b9-5+,10-6+. The van der Waals surface area contributed by atoms with Gasteiger partial charge in [0.1, 0.15) is 8.07 Å². The zero-order valence-corrected chi connectivity index (χ0v) is 8.38. The molecule has 0 aromatic heterocycles. The van der Waals surface area contributed by atoms with Crippen LogP contribution in [-0.4, -0.2) is 8.07 Å². The van der Waals surface area contributed by atoms with E-state index in [-0.39, 0.29) is 0 Å². The van der Waals surface area contributed by atoms with Crippen LogP contribution in [0, 0.1) is 0 Å². The second-order valence-corrected chi connectivity index (χ2v) is 5.89. The van der Waals surface area contributed by atoms with Crippen LogP contribution in [0.25, 0.3) is 0 Å². The van der Waals surface area contributed by atoms with Gasteiger partial charge in [-0.3, -0.25) is 0 Å². The van der Waals surface area contributed by atoms with Crippen molar-refractivity contribution >= 4 is 8.07 Å². The van der Waals surface area contributed by atoms with E-state index in [2.05, 4.69) is 36.7 Å². The van der Waals surface area contributed by atoms with E-state index in [0.717, 1.165) is 0 Å². The first-order chi connectivity index (χ1) is 5.24. The summed E-state index contributed by atoms with van der Waals surface area (Å²) in [6.45, 7) is 11.7. The van der Waals surface area contributed by atoms with Crippen molar-refractivity contribution in [3.63, 3.8) is 0 Å². The molecule has 0 unspecified atom stereocenters. The minimum Gasteiger partial charge on any atom is -0.106 e. The summed E-state index contributed by atoms with van der Waals surface area (Å²) in [5, 5.41) is 0. The number of hydrogen-bond donors (Lipinski definition) is 0. The van der Waals surface area contributed by atoms with Gasteiger partial charge in [0, 0.05) is 0 Å². The molecule has 0 aliphatic carbocycles. The van der Waals surface area contributed by atoms with Gasteiger partial charge < -0.3 is 0 Å². The molecule has 0 saturated carbocycles. The highest BCUT2D eigenvalue weighted by Crippen LogP contribution is 2.09. The van der Waals surface area contributed by atoms with E-state index in [4.69, 9.17) is 0 Å². The molecule has 1 heteroatoms. The van der Waals surface area contributed by atoms with Crippen LogP contribution in [0.1, 0.15) is 13.8 Å². The maximum atomic E-state index is 3.83. The smallest absolute Gasteiger partial charge is 0.106 e. The van der Waals surface area contributed by atoms with Crippen molar-refractivity contribution in [1.82, 2.24) is 0 Å². The highest BCUT2D eigenvalue weighted by molar-refractivity contribution is 6.97. The molecule has 0 nitrogen and oxygen atoms in total. The fourth-order valence-electron chi connectivity index (χ4n) is 0.988. The summed E-state index contributed by atoms with van der Waals surface area (Å²) < 4.78 is 0. The molecule has 0 saturated heterocycles. The Kier molecular flexibility index (Phi) is 4.54. The zero-order chi connectivity index (χ0) is 8.74. The molecular weight excluding hydrogens is 148 g/mol. The van der Waals surface area contributed by atoms with Crippen LogP contribution in [0.5, 0.6) is 0 Å². The molecule has 0 aromatic rings. The van der Waals surface area contributed by atoms with Crippen LogP contribution in [0.4, 0.5) is 0 Å². The SMILES string of the molecule is C=C[Si](C=C)(/C=C/C)/C=C/C. The highest BCUT2D eigenvalue weighted by Gasteiger charge is 2.16. The van der Waals surface area contributed by atoms with Gasteiger partial charge in [0.05, 0.1) is 0 Å². The van der Waals surface area contributed by atoms with Gasteiger partial charge >= 0.3 is 0 Å². The average Bonchev–Trinajstić information content (AvgIpc) is 2.04. The van der Waals surface area contributed by atoms with Crippen LogP contribution in [-0.2, 0) is 0 Å². The van der Waals surface area contributed by atoms with Crippen LogP contribution in [0.15, 0.2) is 48.1 Å².